The summed E-state index contributed by atoms with van der Waals surface area (Å²) in [5.74, 6) is -0.432. The van der Waals surface area contributed by atoms with E-state index in [4.69, 9.17) is 21.1 Å². The zero-order valence-electron chi connectivity index (χ0n) is 13.0. The molecule has 124 valence electrons. The van der Waals surface area contributed by atoms with Gasteiger partial charge in [0.2, 0.25) is 0 Å². The molecule has 0 aliphatic rings. The number of nitrogens with one attached hydrogen (secondary N) is 1. The van der Waals surface area contributed by atoms with E-state index >= 15 is 0 Å². The lowest BCUT2D eigenvalue weighted by Crippen LogP contribution is -2.20. The second kappa shape index (κ2) is 8.74. The minimum Gasteiger partial charge on any atom is -0.496 e. The topological polar surface area (TPSA) is 64.6 Å². The highest BCUT2D eigenvalue weighted by Crippen LogP contribution is 2.18. The maximum atomic E-state index is 11.7. The zero-order chi connectivity index (χ0) is 17.4. The van der Waals surface area contributed by atoms with Gasteiger partial charge in [-0.25, -0.2) is 4.79 Å². The highest BCUT2D eigenvalue weighted by atomic mass is 35.5. The molecule has 1 N–H and O–H groups in total. The van der Waals surface area contributed by atoms with Gasteiger partial charge in [0.25, 0.3) is 5.91 Å². The third-order valence-electron chi connectivity index (χ3n) is 2.99. The molecule has 0 atom stereocenters. The summed E-state index contributed by atoms with van der Waals surface area (Å²) in [4.78, 5) is 23.4. The van der Waals surface area contributed by atoms with Gasteiger partial charge in [-0.15, -0.1) is 0 Å². The second-order valence-electron chi connectivity index (χ2n) is 4.74. The number of carbonyl (C=O) groups is 2. The molecular formula is C18H16ClNO4. The number of benzene rings is 2. The highest BCUT2D eigenvalue weighted by Gasteiger charge is 2.06. The number of esters is 1. The first-order chi connectivity index (χ1) is 11.6. The number of anilines is 1. The van der Waals surface area contributed by atoms with Gasteiger partial charge in [-0.3, -0.25) is 4.79 Å². The van der Waals surface area contributed by atoms with Crippen molar-refractivity contribution in [3.05, 3.63) is 65.2 Å². The van der Waals surface area contributed by atoms with Crippen LogP contribution in [0.15, 0.2) is 54.6 Å². The van der Waals surface area contributed by atoms with Gasteiger partial charge < -0.3 is 14.8 Å². The van der Waals surface area contributed by atoms with Gasteiger partial charge in [0.05, 0.1) is 7.11 Å². The van der Waals surface area contributed by atoms with Crippen LogP contribution in [0.5, 0.6) is 5.75 Å². The summed E-state index contributed by atoms with van der Waals surface area (Å²) in [5.41, 5.74) is 1.27. The monoisotopic (exact) mass is 345 g/mol. The molecule has 0 aliphatic heterocycles. The fraction of sp³-hybridized carbons (Fsp3) is 0.111. The van der Waals surface area contributed by atoms with Gasteiger partial charge in [-0.1, -0.05) is 35.9 Å². The molecule has 6 heteroatoms. The molecule has 5 nitrogen and oxygen atoms in total. The molecule has 1 amide bonds. The van der Waals surface area contributed by atoms with Crippen molar-refractivity contribution < 1.29 is 19.1 Å². The van der Waals surface area contributed by atoms with Crippen molar-refractivity contribution >= 4 is 35.2 Å². The molecule has 0 unspecified atom stereocenters. The minimum absolute atomic E-state index is 0.387. The Labute approximate surface area is 144 Å². The van der Waals surface area contributed by atoms with Crippen LogP contribution in [-0.2, 0) is 14.3 Å². The fourth-order valence-corrected chi connectivity index (χ4v) is 2.10. The molecule has 0 spiro atoms. The van der Waals surface area contributed by atoms with Gasteiger partial charge in [0.1, 0.15) is 5.75 Å². The maximum Gasteiger partial charge on any atom is 0.331 e. The number of amides is 1. The van der Waals surface area contributed by atoms with Crippen molar-refractivity contribution in [2.45, 2.75) is 0 Å². The third-order valence-corrected chi connectivity index (χ3v) is 3.23. The average Bonchev–Trinajstić information content (AvgIpc) is 2.58. The van der Waals surface area contributed by atoms with Crippen molar-refractivity contribution in [2.24, 2.45) is 0 Å². The molecule has 0 aliphatic carbocycles. The molecular weight excluding hydrogens is 330 g/mol. The van der Waals surface area contributed by atoms with E-state index in [1.807, 2.05) is 12.1 Å². The lowest BCUT2D eigenvalue weighted by atomic mass is 10.2. The molecule has 0 saturated carbocycles. The van der Waals surface area contributed by atoms with Crippen LogP contribution >= 0.6 is 11.6 Å². The molecule has 0 aromatic heterocycles. The summed E-state index contributed by atoms with van der Waals surface area (Å²) < 4.78 is 10.1. The Bertz CT molecular complexity index is 758. The van der Waals surface area contributed by atoms with Crippen LogP contribution in [-0.4, -0.2) is 25.6 Å². The number of methoxy groups -OCH3 is 1. The van der Waals surface area contributed by atoms with Crippen molar-refractivity contribution in [2.75, 3.05) is 19.0 Å². The number of ether oxygens (including phenoxy) is 2. The molecule has 2 aromatic rings. The second-order valence-corrected chi connectivity index (χ2v) is 5.18. The normalized spacial score (nSPS) is 10.4. The summed E-state index contributed by atoms with van der Waals surface area (Å²) >= 11 is 5.82. The van der Waals surface area contributed by atoms with Gasteiger partial charge in [0, 0.05) is 22.3 Å². The fourth-order valence-electron chi connectivity index (χ4n) is 1.91. The van der Waals surface area contributed by atoms with Crippen LogP contribution in [0.3, 0.4) is 0 Å². The third kappa shape index (κ3) is 5.44. The quantitative estimate of drug-likeness (QED) is 0.642. The largest absolute Gasteiger partial charge is 0.496 e. The standard InChI is InChI=1S/C18H16ClNO4/c1-23-16-8-3-2-5-13(16)9-10-18(22)24-12-17(21)20-15-7-4-6-14(19)11-15/h2-11H,12H2,1H3,(H,20,21)/b10-9+. The first-order valence-electron chi connectivity index (χ1n) is 7.12. The van der Waals surface area contributed by atoms with E-state index < -0.39 is 11.9 Å². The molecule has 0 heterocycles. The number of hydrogen-bond donors (Lipinski definition) is 1. The molecule has 0 fully saturated rings. The first kappa shape index (κ1) is 17.6. The van der Waals surface area contributed by atoms with E-state index in [1.54, 1.807) is 49.6 Å². The SMILES string of the molecule is COc1ccccc1/C=C/C(=O)OCC(=O)Nc1cccc(Cl)c1. The maximum absolute atomic E-state index is 11.7. The van der Waals surface area contributed by atoms with E-state index in [0.29, 0.717) is 16.5 Å². The van der Waals surface area contributed by atoms with Crippen molar-refractivity contribution in [1.82, 2.24) is 0 Å². The first-order valence-corrected chi connectivity index (χ1v) is 7.49. The van der Waals surface area contributed by atoms with Gasteiger partial charge in [-0.2, -0.15) is 0 Å². The van der Waals surface area contributed by atoms with Crippen LogP contribution in [0.1, 0.15) is 5.56 Å². The number of para-hydroxylation sites is 1. The van der Waals surface area contributed by atoms with Crippen LogP contribution in [0, 0.1) is 0 Å². The summed E-state index contributed by atoms with van der Waals surface area (Å²) in [6.45, 7) is -0.387. The number of halogens is 1. The van der Waals surface area contributed by atoms with Crippen LogP contribution in [0.4, 0.5) is 5.69 Å². The van der Waals surface area contributed by atoms with Crippen molar-refractivity contribution in [1.29, 1.82) is 0 Å². The Balaban J connectivity index is 1.84. The Hall–Kier alpha value is -2.79. The van der Waals surface area contributed by atoms with E-state index in [2.05, 4.69) is 5.32 Å². The lowest BCUT2D eigenvalue weighted by molar-refractivity contribution is -0.142. The van der Waals surface area contributed by atoms with Crippen molar-refractivity contribution in [3.8, 4) is 5.75 Å². The average molecular weight is 346 g/mol. The summed E-state index contributed by atoms with van der Waals surface area (Å²) in [7, 11) is 1.55. The molecule has 0 bridgehead atoms. The van der Waals surface area contributed by atoms with Gasteiger partial charge in [0.15, 0.2) is 6.61 Å². The molecule has 2 aromatic carbocycles. The minimum atomic E-state index is -0.623. The van der Waals surface area contributed by atoms with Gasteiger partial charge in [-0.05, 0) is 30.3 Å². The number of rotatable bonds is 6. The Morgan fingerprint density at radius 3 is 2.71 bits per heavy atom. The number of hydrogen-bond acceptors (Lipinski definition) is 4. The Morgan fingerprint density at radius 2 is 1.96 bits per heavy atom. The zero-order valence-corrected chi connectivity index (χ0v) is 13.7. The molecule has 2 rings (SSSR count). The number of carbonyl (C=O) groups excluding carboxylic acids is 2. The smallest absolute Gasteiger partial charge is 0.331 e. The predicted octanol–water partition coefficient (Wildman–Crippen LogP) is 3.54. The Kier molecular flexibility index (Phi) is 6.40. The predicted molar refractivity (Wildman–Crippen MR) is 93.1 cm³/mol. The summed E-state index contributed by atoms with van der Waals surface area (Å²) in [5, 5.41) is 3.09. The summed E-state index contributed by atoms with van der Waals surface area (Å²) in [6, 6.07) is 13.9. The van der Waals surface area contributed by atoms with Crippen LogP contribution in [0.2, 0.25) is 5.02 Å². The molecule has 0 saturated heterocycles. The van der Waals surface area contributed by atoms with E-state index in [9.17, 15) is 9.59 Å². The Morgan fingerprint density at radius 1 is 1.17 bits per heavy atom. The van der Waals surface area contributed by atoms with Crippen LogP contribution in [0.25, 0.3) is 6.08 Å². The van der Waals surface area contributed by atoms with Crippen molar-refractivity contribution in [3.63, 3.8) is 0 Å². The van der Waals surface area contributed by atoms with Gasteiger partial charge >= 0.3 is 5.97 Å². The van der Waals surface area contributed by atoms with Crippen LogP contribution < -0.4 is 10.1 Å². The van der Waals surface area contributed by atoms with E-state index in [1.165, 1.54) is 6.08 Å². The summed E-state index contributed by atoms with van der Waals surface area (Å²) in [6.07, 6.45) is 2.81. The lowest BCUT2D eigenvalue weighted by Gasteiger charge is -2.06. The molecule has 0 radical (unpaired) electrons. The van der Waals surface area contributed by atoms with E-state index in [0.717, 1.165) is 5.56 Å². The highest BCUT2D eigenvalue weighted by molar-refractivity contribution is 6.30. The van der Waals surface area contributed by atoms with E-state index in [-0.39, 0.29) is 6.61 Å². The molecule has 24 heavy (non-hydrogen) atoms.